The molecule has 7 aromatic rings. The molecular formula is C36H32BrN9O2S2. The fourth-order valence-corrected chi connectivity index (χ4v) is 7.46. The highest BCUT2D eigenvalue weighted by Crippen LogP contribution is 2.38. The second-order valence-electron chi connectivity index (χ2n) is 10.9. The van der Waals surface area contributed by atoms with Crippen LogP contribution in [-0.4, -0.2) is 50.1 Å². The van der Waals surface area contributed by atoms with Gasteiger partial charge in [-0.25, -0.2) is 19.6 Å². The van der Waals surface area contributed by atoms with Crippen LogP contribution in [0.3, 0.4) is 0 Å². The molecule has 0 bridgehead atoms. The summed E-state index contributed by atoms with van der Waals surface area (Å²) in [5.74, 6) is 0. The number of hydrogen-bond acceptors (Lipinski definition) is 9. The van der Waals surface area contributed by atoms with E-state index in [9.17, 15) is 9.59 Å². The minimum atomic E-state index is -0.260. The lowest BCUT2D eigenvalue weighted by atomic mass is 10.0. The molecule has 0 aliphatic rings. The highest BCUT2D eigenvalue weighted by Gasteiger charge is 2.16. The summed E-state index contributed by atoms with van der Waals surface area (Å²) in [6, 6.07) is 19.5. The highest BCUT2D eigenvalue weighted by molar-refractivity contribution is 9.10. The summed E-state index contributed by atoms with van der Waals surface area (Å²) in [4.78, 5) is 45.5. The molecule has 14 heteroatoms. The van der Waals surface area contributed by atoms with Crippen LogP contribution in [0.25, 0.3) is 53.9 Å². The normalized spacial score (nSPS) is 10.7. The van der Waals surface area contributed by atoms with Gasteiger partial charge in [0.05, 0.1) is 26.1 Å². The number of fused-ring (bicyclic) bond motifs is 2. The molecule has 0 fully saturated rings. The van der Waals surface area contributed by atoms with Crippen LogP contribution >= 0.6 is 38.6 Å². The number of anilines is 2. The molecule has 0 spiro atoms. The second kappa shape index (κ2) is 15.9. The number of pyridine rings is 3. The molecule has 11 nitrogen and oxygen atoms in total. The number of carbonyl (C=O) groups excluding carboxylic acids is 2. The van der Waals surface area contributed by atoms with Gasteiger partial charge in [-0.2, -0.15) is 0 Å². The Bertz CT molecular complexity index is 2260. The van der Waals surface area contributed by atoms with Gasteiger partial charge >= 0.3 is 12.1 Å². The molecule has 5 aromatic heterocycles. The summed E-state index contributed by atoms with van der Waals surface area (Å²) in [5.41, 5.74) is 8.68. The molecule has 0 unspecified atom stereocenters. The summed E-state index contributed by atoms with van der Waals surface area (Å²) in [5, 5.41) is 12.1. The van der Waals surface area contributed by atoms with Gasteiger partial charge in [-0.05, 0) is 95.9 Å². The van der Waals surface area contributed by atoms with Gasteiger partial charge < -0.3 is 10.6 Å². The van der Waals surface area contributed by atoms with Crippen LogP contribution < -0.4 is 21.3 Å². The first-order chi connectivity index (χ1) is 24.3. The van der Waals surface area contributed by atoms with Crippen LogP contribution in [0.1, 0.15) is 19.4 Å². The minimum Gasteiger partial charge on any atom is -0.338 e. The Balaban J connectivity index is 0.000000178. The maximum Gasteiger partial charge on any atom is 0.321 e. The van der Waals surface area contributed by atoms with Crippen molar-refractivity contribution in [2.45, 2.75) is 20.8 Å². The lowest BCUT2D eigenvalue weighted by Gasteiger charge is -2.07. The number of thiazole rings is 2. The van der Waals surface area contributed by atoms with E-state index in [0.29, 0.717) is 23.4 Å². The van der Waals surface area contributed by atoms with Gasteiger partial charge in [-0.15, -0.1) is 0 Å². The Morgan fingerprint density at radius 1 is 0.700 bits per heavy atom. The van der Waals surface area contributed by atoms with E-state index >= 15 is 0 Å². The number of nitrogens with one attached hydrogen (secondary N) is 4. The van der Waals surface area contributed by atoms with Crippen molar-refractivity contribution in [2.24, 2.45) is 0 Å². The van der Waals surface area contributed by atoms with Gasteiger partial charge in [-0.1, -0.05) is 40.9 Å². The third-order valence-electron chi connectivity index (χ3n) is 7.23. The van der Waals surface area contributed by atoms with Crippen LogP contribution in [0.15, 0.2) is 96.1 Å². The molecule has 0 aliphatic carbocycles. The topological polar surface area (TPSA) is 147 Å². The van der Waals surface area contributed by atoms with Crippen LogP contribution in [0.5, 0.6) is 0 Å². The van der Waals surface area contributed by atoms with Gasteiger partial charge in [0, 0.05) is 65.2 Å². The summed E-state index contributed by atoms with van der Waals surface area (Å²) >= 11 is 6.46. The van der Waals surface area contributed by atoms with E-state index in [4.69, 9.17) is 0 Å². The first-order valence-electron chi connectivity index (χ1n) is 15.7. The molecule has 2 aromatic carbocycles. The molecule has 4 amide bonds. The molecule has 7 rings (SSSR count). The third kappa shape index (κ3) is 8.28. The lowest BCUT2D eigenvalue weighted by molar-refractivity contribution is 0.251. The Labute approximate surface area is 304 Å². The molecular weight excluding hydrogens is 734 g/mol. The molecule has 50 heavy (non-hydrogen) atoms. The van der Waals surface area contributed by atoms with E-state index in [2.05, 4.69) is 68.2 Å². The van der Waals surface area contributed by atoms with Gasteiger partial charge in [0.15, 0.2) is 10.3 Å². The van der Waals surface area contributed by atoms with Crippen molar-refractivity contribution in [1.82, 2.24) is 35.6 Å². The molecule has 0 saturated carbocycles. The summed E-state index contributed by atoms with van der Waals surface area (Å²) in [6.45, 7) is 6.89. The number of carbonyl (C=O) groups is 2. The number of halogens is 1. The van der Waals surface area contributed by atoms with E-state index in [1.54, 1.807) is 12.4 Å². The maximum absolute atomic E-state index is 11.9. The summed E-state index contributed by atoms with van der Waals surface area (Å²) in [7, 11) is 0. The Kier molecular flexibility index (Phi) is 11.0. The van der Waals surface area contributed by atoms with Gasteiger partial charge in [0.1, 0.15) is 0 Å². The molecule has 0 radical (unpaired) electrons. The van der Waals surface area contributed by atoms with Crippen LogP contribution in [0.4, 0.5) is 19.9 Å². The molecule has 0 aliphatic heterocycles. The predicted molar refractivity (Wildman–Crippen MR) is 207 cm³/mol. The number of aromatic nitrogens is 5. The monoisotopic (exact) mass is 765 g/mol. The first kappa shape index (κ1) is 34.5. The average Bonchev–Trinajstić information content (AvgIpc) is 3.73. The number of amides is 4. The summed E-state index contributed by atoms with van der Waals surface area (Å²) in [6.07, 6.45) is 8.99. The highest BCUT2D eigenvalue weighted by atomic mass is 79.9. The zero-order chi connectivity index (χ0) is 35.0. The smallest absolute Gasteiger partial charge is 0.321 e. The van der Waals surface area contributed by atoms with Crippen LogP contribution in [0.2, 0.25) is 0 Å². The van der Waals surface area contributed by atoms with E-state index in [0.717, 1.165) is 64.0 Å². The molecule has 4 N–H and O–H groups in total. The van der Waals surface area contributed by atoms with Crippen molar-refractivity contribution in [3.63, 3.8) is 0 Å². The lowest BCUT2D eigenvalue weighted by Crippen LogP contribution is -2.28. The Morgan fingerprint density at radius 2 is 1.26 bits per heavy atom. The standard InChI is InChI=1S/C21H19N5OS.C15H13BrN4OS/c1-3-23-20(27)26-21-25-18-10-15(14-5-4-8-22-12-14)9-16(19(18)28-21)17-7-6-13(2)11-24-17;1-2-18-14(21)20-15-19-12-7-10(6-11(16)13(12)22-15)9-4-3-5-17-8-9/h4-12H,3H2,1-2H3,(H2,23,25,26,27);3-8H,2H2,1H3,(H2,18,19,20,21). The maximum atomic E-state index is 11.9. The second-order valence-corrected chi connectivity index (χ2v) is 13.7. The molecule has 0 saturated heterocycles. The van der Waals surface area contributed by atoms with Crippen LogP contribution in [-0.2, 0) is 0 Å². The number of aryl methyl sites for hydroxylation is 1. The number of urea groups is 2. The Morgan fingerprint density at radius 3 is 1.78 bits per heavy atom. The first-order valence-corrected chi connectivity index (χ1v) is 18.1. The zero-order valence-corrected chi connectivity index (χ0v) is 30.5. The fraction of sp³-hybridized carbons (Fsp3) is 0.139. The zero-order valence-electron chi connectivity index (χ0n) is 27.3. The van der Waals surface area contributed by atoms with Crippen molar-refractivity contribution in [2.75, 3.05) is 23.7 Å². The molecule has 5 heterocycles. The minimum absolute atomic E-state index is 0.245. The van der Waals surface area contributed by atoms with E-state index in [-0.39, 0.29) is 12.1 Å². The van der Waals surface area contributed by atoms with Gasteiger partial charge in [-0.3, -0.25) is 25.6 Å². The van der Waals surface area contributed by atoms with Crippen molar-refractivity contribution >= 4 is 81.4 Å². The van der Waals surface area contributed by atoms with E-state index in [1.807, 2.05) is 94.0 Å². The number of benzene rings is 2. The van der Waals surface area contributed by atoms with Crippen molar-refractivity contribution in [1.29, 1.82) is 0 Å². The van der Waals surface area contributed by atoms with Crippen molar-refractivity contribution in [3.8, 4) is 33.5 Å². The fourth-order valence-electron chi connectivity index (χ4n) is 4.95. The van der Waals surface area contributed by atoms with Crippen molar-refractivity contribution in [3.05, 3.63) is 102 Å². The SMILES string of the molecule is CCNC(=O)Nc1nc2cc(-c3cccnc3)cc(-c3ccc(C)cn3)c2s1.CCNC(=O)Nc1nc2cc(-c3cccnc3)cc(Br)c2s1. The van der Waals surface area contributed by atoms with Gasteiger partial charge in [0.2, 0.25) is 0 Å². The van der Waals surface area contributed by atoms with Gasteiger partial charge in [0.25, 0.3) is 0 Å². The molecule has 0 atom stereocenters. The van der Waals surface area contributed by atoms with E-state index < -0.39 is 0 Å². The number of rotatable bonds is 7. The third-order valence-corrected chi connectivity index (χ3v) is 10.2. The summed E-state index contributed by atoms with van der Waals surface area (Å²) < 4.78 is 2.93. The van der Waals surface area contributed by atoms with Crippen LogP contribution in [0, 0.1) is 6.92 Å². The number of nitrogens with zero attached hydrogens (tertiary/aromatic N) is 5. The average molecular weight is 767 g/mol. The Hall–Kier alpha value is -5.31. The quantitative estimate of drug-likeness (QED) is 0.127. The molecule has 252 valence electrons. The number of hydrogen-bond donors (Lipinski definition) is 4. The van der Waals surface area contributed by atoms with Crippen molar-refractivity contribution < 1.29 is 9.59 Å². The van der Waals surface area contributed by atoms with E-state index in [1.165, 1.54) is 22.7 Å². The predicted octanol–water partition coefficient (Wildman–Crippen LogP) is 9.13. The largest absolute Gasteiger partial charge is 0.338 e.